The lowest BCUT2D eigenvalue weighted by atomic mass is 9.91. The van der Waals surface area contributed by atoms with Crippen molar-refractivity contribution >= 4 is 5.97 Å². The highest BCUT2D eigenvalue weighted by atomic mass is 16.6. The van der Waals surface area contributed by atoms with Crippen LogP contribution in [0.3, 0.4) is 0 Å². The minimum Gasteiger partial charge on any atom is -0.463 e. The number of rotatable bonds is 23. The Balaban J connectivity index is 3.78. The molecule has 0 saturated heterocycles. The molecule has 0 aromatic rings. The van der Waals surface area contributed by atoms with Gasteiger partial charge in [-0.1, -0.05) is 84.3 Å². The standard InChI is InChI=1S/C28H55NO6/c1-22(2)10-6-11-23(3)12-7-13-24(4)14-8-15-25(5)16-9-17-28(32)34-20-26(30)18-33-19-27(31)21-35-29/h16,22-24,26-27,30-31H,6-15,17-21,29H2,1-5H3. The number of carbonyl (C=O) groups is 1. The van der Waals surface area contributed by atoms with E-state index in [9.17, 15) is 15.0 Å². The Morgan fingerprint density at radius 2 is 1.34 bits per heavy atom. The zero-order chi connectivity index (χ0) is 26.5. The highest BCUT2D eigenvalue weighted by Crippen LogP contribution is 2.22. The van der Waals surface area contributed by atoms with E-state index in [1.165, 1.54) is 56.9 Å². The maximum absolute atomic E-state index is 11.9. The summed E-state index contributed by atoms with van der Waals surface area (Å²) < 4.78 is 10.2. The molecule has 4 unspecified atom stereocenters. The number of hydrogen-bond donors (Lipinski definition) is 3. The van der Waals surface area contributed by atoms with Crippen molar-refractivity contribution in [2.24, 2.45) is 23.7 Å². The number of allylic oxidation sites excluding steroid dienone is 2. The van der Waals surface area contributed by atoms with E-state index in [-0.39, 0.29) is 32.4 Å². The third kappa shape index (κ3) is 23.2. The van der Waals surface area contributed by atoms with E-state index in [0.717, 1.165) is 24.2 Å². The Morgan fingerprint density at radius 1 is 0.800 bits per heavy atom. The summed E-state index contributed by atoms with van der Waals surface area (Å²) in [6.45, 7) is 11.3. The van der Waals surface area contributed by atoms with Crippen molar-refractivity contribution in [3.63, 3.8) is 0 Å². The van der Waals surface area contributed by atoms with Crippen LogP contribution < -0.4 is 5.90 Å². The first-order chi connectivity index (χ1) is 16.6. The summed E-state index contributed by atoms with van der Waals surface area (Å²) in [5.74, 6) is 6.96. The lowest BCUT2D eigenvalue weighted by molar-refractivity contribution is -0.148. The van der Waals surface area contributed by atoms with Gasteiger partial charge in [0.1, 0.15) is 18.8 Å². The van der Waals surface area contributed by atoms with E-state index in [2.05, 4.69) is 45.5 Å². The zero-order valence-electron chi connectivity index (χ0n) is 23.2. The van der Waals surface area contributed by atoms with Crippen LogP contribution in [0.25, 0.3) is 0 Å². The van der Waals surface area contributed by atoms with Crippen molar-refractivity contribution in [3.8, 4) is 0 Å². The molecule has 0 aromatic carbocycles. The van der Waals surface area contributed by atoms with Gasteiger partial charge in [0.05, 0.1) is 19.8 Å². The number of esters is 1. The molecular weight excluding hydrogens is 446 g/mol. The van der Waals surface area contributed by atoms with Crippen molar-refractivity contribution in [3.05, 3.63) is 11.6 Å². The van der Waals surface area contributed by atoms with Crippen LogP contribution in [-0.2, 0) is 19.1 Å². The smallest absolute Gasteiger partial charge is 0.306 e. The highest BCUT2D eigenvalue weighted by Gasteiger charge is 2.11. The molecule has 0 aliphatic heterocycles. The predicted molar refractivity (Wildman–Crippen MR) is 142 cm³/mol. The summed E-state index contributed by atoms with van der Waals surface area (Å²) in [5, 5.41) is 19.2. The molecule has 7 heteroatoms. The maximum atomic E-state index is 11.9. The van der Waals surface area contributed by atoms with Crippen molar-refractivity contribution in [2.45, 2.75) is 117 Å². The molecule has 0 aliphatic rings. The van der Waals surface area contributed by atoms with Crippen molar-refractivity contribution in [1.82, 2.24) is 0 Å². The highest BCUT2D eigenvalue weighted by molar-refractivity contribution is 5.69. The molecule has 0 aliphatic carbocycles. The van der Waals surface area contributed by atoms with Crippen LogP contribution in [0.1, 0.15) is 105 Å². The summed E-state index contributed by atoms with van der Waals surface area (Å²) in [6, 6.07) is 0. The average Bonchev–Trinajstić information content (AvgIpc) is 2.77. The lowest BCUT2D eigenvalue weighted by Gasteiger charge is -2.15. The molecule has 0 amide bonds. The summed E-state index contributed by atoms with van der Waals surface area (Å²) in [7, 11) is 0. The minimum atomic E-state index is -0.933. The van der Waals surface area contributed by atoms with Crippen molar-refractivity contribution in [2.75, 3.05) is 26.4 Å². The van der Waals surface area contributed by atoms with Gasteiger partial charge in [0, 0.05) is 6.42 Å². The normalized spacial score (nSPS) is 15.7. The number of ether oxygens (including phenoxy) is 2. The van der Waals surface area contributed by atoms with Crippen LogP contribution in [-0.4, -0.2) is 54.8 Å². The van der Waals surface area contributed by atoms with Crippen molar-refractivity contribution < 1.29 is 29.3 Å². The number of nitrogens with two attached hydrogens (primary N) is 1. The Labute approximate surface area is 214 Å². The van der Waals surface area contributed by atoms with Gasteiger partial charge in [-0.05, 0) is 43.9 Å². The van der Waals surface area contributed by atoms with Crippen LogP contribution >= 0.6 is 0 Å². The van der Waals surface area contributed by atoms with Gasteiger partial charge >= 0.3 is 5.97 Å². The fourth-order valence-electron chi connectivity index (χ4n) is 4.05. The summed E-state index contributed by atoms with van der Waals surface area (Å²) >= 11 is 0. The fourth-order valence-corrected chi connectivity index (χ4v) is 4.05. The SMILES string of the molecule is CC(=CCCC(=O)OCC(O)COCC(O)CON)CCCC(C)CCCC(C)CCCC(C)C. The molecule has 0 heterocycles. The molecule has 0 fully saturated rings. The van der Waals surface area contributed by atoms with Crippen LogP contribution in [0.4, 0.5) is 0 Å². The number of hydrogen-bond acceptors (Lipinski definition) is 7. The lowest BCUT2D eigenvalue weighted by Crippen LogP contribution is -2.28. The molecule has 4 N–H and O–H groups in total. The summed E-state index contributed by atoms with van der Waals surface area (Å²) in [6.07, 6.45) is 12.9. The van der Waals surface area contributed by atoms with E-state index in [0.29, 0.717) is 12.8 Å². The number of carbonyl (C=O) groups excluding carboxylic acids is 1. The Bertz CT molecular complexity index is 540. The van der Waals surface area contributed by atoms with Gasteiger partial charge in [-0.3, -0.25) is 4.79 Å². The monoisotopic (exact) mass is 501 g/mol. The Morgan fingerprint density at radius 3 is 1.91 bits per heavy atom. The van der Waals surface area contributed by atoms with Gasteiger partial charge in [-0.25, -0.2) is 5.90 Å². The third-order valence-electron chi connectivity index (χ3n) is 6.33. The quantitative estimate of drug-likeness (QED) is 0.0986. The zero-order valence-corrected chi connectivity index (χ0v) is 23.2. The minimum absolute atomic E-state index is 0.0111. The Hall–Kier alpha value is -0.990. The molecule has 208 valence electrons. The first-order valence-electron chi connectivity index (χ1n) is 13.7. The van der Waals surface area contributed by atoms with Crippen LogP contribution in [0, 0.1) is 17.8 Å². The molecule has 0 aromatic heterocycles. The fraction of sp³-hybridized carbons (Fsp3) is 0.893. The topological polar surface area (TPSA) is 111 Å². The Kier molecular flexibility index (Phi) is 21.6. The summed E-state index contributed by atoms with van der Waals surface area (Å²) in [4.78, 5) is 16.2. The van der Waals surface area contributed by atoms with Gasteiger partial charge in [-0.15, -0.1) is 0 Å². The number of aliphatic hydroxyl groups is 2. The van der Waals surface area contributed by atoms with E-state index in [1.54, 1.807) is 0 Å². The van der Waals surface area contributed by atoms with Gasteiger partial charge in [0.15, 0.2) is 0 Å². The first kappa shape index (κ1) is 34.0. The van der Waals surface area contributed by atoms with E-state index in [1.807, 2.05) is 0 Å². The second-order valence-electron chi connectivity index (χ2n) is 10.8. The molecule has 7 nitrogen and oxygen atoms in total. The van der Waals surface area contributed by atoms with Crippen LogP contribution in [0.2, 0.25) is 0 Å². The van der Waals surface area contributed by atoms with E-state index >= 15 is 0 Å². The molecule has 4 atom stereocenters. The van der Waals surface area contributed by atoms with E-state index < -0.39 is 12.2 Å². The maximum Gasteiger partial charge on any atom is 0.306 e. The average molecular weight is 502 g/mol. The van der Waals surface area contributed by atoms with Gasteiger partial charge in [0.2, 0.25) is 0 Å². The predicted octanol–water partition coefficient (Wildman–Crippen LogP) is 5.32. The second-order valence-corrected chi connectivity index (χ2v) is 10.8. The molecule has 0 rings (SSSR count). The second kappa shape index (κ2) is 22.2. The van der Waals surface area contributed by atoms with Gasteiger partial charge in [-0.2, -0.15) is 0 Å². The van der Waals surface area contributed by atoms with Crippen molar-refractivity contribution in [1.29, 1.82) is 0 Å². The van der Waals surface area contributed by atoms with Crippen LogP contribution in [0.5, 0.6) is 0 Å². The summed E-state index contributed by atoms with van der Waals surface area (Å²) in [5.41, 5.74) is 1.32. The largest absolute Gasteiger partial charge is 0.463 e. The molecule has 0 radical (unpaired) electrons. The van der Waals surface area contributed by atoms with Gasteiger partial charge < -0.3 is 24.5 Å². The van der Waals surface area contributed by atoms with Crippen LogP contribution in [0.15, 0.2) is 11.6 Å². The molecule has 0 bridgehead atoms. The molecule has 0 saturated carbocycles. The molecule has 35 heavy (non-hydrogen) atoms. The third-order valence-corrected chi connectivity index (χ3v) is 6.33. The van der Waals surface area contributed by atoms with E-state index in [4.69, 9.17) is 15.4 Å². The molecule has 0 spiro atoms. The molecular formula is C28H55NO6. The number of aliphatic hydroxyl groups excluding tert-OH is 2. The first-order valence-corrected chi connectivity index (χ1v) is 13.7. The van der Waals surface area contributed by atoms with Gasteiger partial charge in [0.25, 0.3) is 0 Å².